The van der Waals surface area contributed by atoms with E-state index < -0.39 is 28.1 Å². The van der Waals surface area contributed by atoms with E-state index in [0.717, 1.165) is 0 Å². The van der Waals surface area contributed by atoms with E-state index >= 15 is 0 Å². The highest BCUT2D eigenvalue weighted by molar-refractivity contribution is 7.89. The van der Waals surface area contributed by atoms with Gasteiger partial charge in [0.25, 0.3) is 5.91 Å². The van der Waals surface area contributed by atoms with E-state index in [1.54, 1.807) is 11.8 Å². The van der Waals surface area contributed by atoms with Gasteiger partial charge in [-0.2, -0.15) is 4.72 Å². The first-order chi connectivity index (χ1) is 9.85. The van der Waals surface area contributed by atoms with Crippen LogP contribution >= 0.6 is 11.6 Å². The molecular formula is C12H15ClFN3O3S. The van der Waals surface area contributed by atoms with Crippen molar-refractivity contribution in [2.45, 2.75) is 17.3 Å². The summed E-state index contributed by atoms with van der Waals surface area (Å²) in [5.74, 6) is -0.474. The second kappa shape index (κ2) is 6.17. The fourth-order valence-electron chi connectivity index (χ4n) is 2.02. The lowest BCUT2D eigenvalue weighted by Gasteiger charge is -2.30. The predicted molar refractivity (Wildman–Crippen MR) is 77.7 cm³/mol. The predicted octanol–water partition coefficient (Wildman–Crippen LogP) is 1.03. The van der Waals surface area contributed by atoms with Crippen molar-refractivity contribution in [2.75, 3.05) is 24.8 Å². The van der Waals surface area contributed by atoms with Gasteiger partial charge in [-0.3, -0.25) is 4.79 Å². The molecule has 0 saturated heterocycles. The maximum Gasteiger partial charge on any atom is 0.252 e. The van der Waals surface area contributed by atoms with E-state index in [2.05, 4.69) is 10.0 Å². The maximum atomic E-state index is 12.5. The molecule has 21 heavy (non-hydrogen) atoms. The topological polar surface area (TPSA) is 78.5 Å². The molecular weight excluding hydrogens is 321 g/mol. The monoisotopic (exact) mass is 335 g/mol. The van der Waals surface area contributed by atoms with Crippen molar-refractivity contribution in [3.63, 3.8) is 0 Å². The van der Waals surface area contributed by atoms with E-state index in [1.807, 2.05) is 0 Å². The molecule has 0 fully saturated rings. The SMILES string of the molecule is CC(Cl)NC(=O)c1ccc2c(c1)S(=O)(=O)NCN2CCF. The molecule has 0 saturated carbocycles. The van der Waals surface area contributed by atoms with Crippen LogP contribution in [0.1, 0.15) is 17.3 Å². The fourth-order valence-corrected chi connectivity index (χ4v) is 3.36. The summed E-state index contributed by atoms with van der Waals surface area (Å²) in [4.78, 5) is 13.4. The minimum absolute atomic E-state index is 0.00348. The molecule has 2 N–H and O–H groups in total. The highest BCUT2D eigenvalue weighted by Gasteiger charge is 2.28. The van der Waals surface area contributed by atoms with Gasteiger partial charge in [-0.15, -0.1) is 0 Å². The molecule has 116 valence electrons. The van der Waals surface area contributed by atoms with Crippen LogP contribution in [0.2, 0.25) is 0 Å². The van der Waals surface area contributed by atoms with Gasteiger partial charge in [0.05, 0.1) is 12.4 Å². The van der Waals surface area contributed by atoms with Crippen LogP contribution in [0.25, 0.3) is 0 Å². The second-order valence-corrected chi connectivity index (χ2v) is 6.92. The first kappa shape index (κ1) is 16.0. The molecule has 1 aliphatic rings. The lowest BCUT2D eigenvalue weighted by atomic mass is 10.2. The van der Waals surface area contributed by atoms with Gasteiger partial charge < -0.3 is 10.2 Å². The lowest BCUT2D eigenvalue weighted by Crippen LogP contribution is -2.44. The third-order valence-corrected chi connectivity index (χ3v) is 4.51. The first-order valence-electron chi connectivity index (χ1n) is 6.24. The molecule has 0 spiro atoms. The van der Waals surface area contributed by atoms with Gasteiger partial charge in [0.1, 0.15) is 17.1 Å². The Bertz CT molecular complexity index is 651. The van der Waals surface area contributed by atoms with Gasteiger partial charge in [-0.1, -0.05) is 11.6 Å². The highest BCUT2D eigenvalue weighted by Crippen LogP contribution is 2.29. The van der Waals surface area contributed by atoms with Gasteiger partial charge >= 0.3 is 0 Å². The molecule has 1 aromatic rings. The van der Waals surface area contributed by atoms with Crippen LogP contribution in [0, 0.1) is 0 Å². The van der Waals surface area contributed by atoms with Crippen LogP contribution < -0.4 is 14.9 Å². The number of hydrogen-bond donors (Lipinski definition) is 2. The van der Waals surface area contributed by atoms with Crippen molar-refractivity contribution in [3.8, 4) is 0 Å². The molecule has 1 aromatic carbocycles. The zero-order valence-electron chi connectivity index (χ0n) is 11.3. The molecule has 0 bridgehead atoms. The largest absolute Gasteiger partial charge is 0.354 e. The van der Waals surface area contributed by atoms with Crippen LogP contribution in [0.5, 0.6) is 0 Å². The van der Waals surface area contributed by atoms with Crippen LogP contribution in [-0.4, -0.2) is 39.7 Å². The average molecular weight is 336 g/mol. The second-order valence-electron chi connectivity index (χ2n) is 4.53. The van der Waals surface area contributed by atoms with Crippen LogP contribution in [0.3, 0.4) is 0 Å². The number of sulfonamides is 1. The molecule has 1 amide bonds. The van der Waals surface area contributed by atoms with Crippen molar-refractivity contribution in [1.82, 2.24) is 10.0 Å². The number of alkyl halides is 2. The summed E-state index contributed by atoms with van der Waals surface area (Å²) in [6, 6.07) is 4.24. The number of nitrogens with one attached hydrogen (secondary N) is 2. The van der Waals surface area contributed by atoms with Gasteiger partial charge in [0.2, 0.25) is 10.0 Å². The van der Waals surface area contributed by atoms with E-state index in [0.29, 0.717) is 5.69 Å². The summed E-state index contributed by atoms with van der Waals surface area (Å²) in [6.45, 7) is 1.05. The third-order valence-electron chi connectivity index (χ3n) is 2.98. The van der Waals surface area contributed by atoms with Gasteiger partial charge in [-0.05, 0) is 25.1 Å². The molecule has 0 radical (unpaired) electrons. The number of hydrogen-bond acceptors (Lipinski definition) is 4. The first-order valence-corrected chi connectivity index (χ1v) is 8.16. The maximum absolute atomic E-state index is 12.5. The zero-order valence-corrected chi connectivity index (χ0v) is 12.8. The number of fused-ring (bicyclic) bond motifs is 1. The fraction of sp³-hybridized carbons (Fsp3) is 0.417. The molecule has 0 aliphatic carbocycles. The number of nitrogens with zero attached hydrogens (tertiary/aromatic N) is 1. The van der Waals surface area contributed by atoms with Gasteiger partial charge in [0.15, 0.2) is 0 Å². The Morgan fingerprint density at radius 3 is 2.90 bits per heavy atom. The minimum atomic E-state index is -3.70. The Labute approximate surface area is 127 Å². The third kappa shape index (κ3) is 3.45. The van der Waals surface area contributed by atoms with Crippen LogP contribution in [0.4, 0.5) is 10.1 Å². The quantitative estimate of drug-likeness (QED) is 0.636. The molecule has 9 heteroatoms. The lowest BCUT2D eigenvalue weighted by molar-refractivity contribution is 0.0951. The number of carbonyl (C=O) groups excluding carboxylic acids is 1. The van der Waals surface area contributed by atoms with E-state index in [4.69, 9.17) is 11.6 Å². The smallest absolute Gasteiger partial charge is 0.252 e. The van der Waals surface area contributed by atoms with Crippen molar-refractivity contribution in [1.29, 1.82) is 0 Å². The molecule has 1 atom stereocenters. The molecule has 0 aromatic heterocycles. The summed E-state index contributed by atoms with van der Waals surface area (Å²) >= 11 is 5.67. The Morgan fingerprint density at radius 1 is 1.57 bits per heavy atom. The van der Waals surface area contributed by atoms with Crippen molar-refractivity contribution >= 4 is 33.2 Å². The van der Waals surface area contributed by atoms with Gasteiger partial charge in [-0.25, -0.2) is 12.8 Å². The van der Waals surface area contributed by atoms with Crippen LogP contribution in [0.15, 0.2) is 23.1 Å². The number of benzene rings is 1. The van der Waals surface area contributed by atoms with Crippen molar-refractivity contribution in [3.05, 3.63) is 23.8 Å². The molecule has 1 aliphatic heterocycles. The Morgan fingerprint density at radius 2 is 2.29 bits per heavy atom. The minimum Gasteiger partial charge on any atom is -0.354 e. The summed E-state index contributed by atoms with van der Waals surface area (Å²) in [6.07, 6.45) is 0. The number of halogens is 2. The molecule has 1 heterocycles. The number of amides is 1. The summed E-state index contributed by atoms with van der Waals surface area (Å²) in [7, 11) is -3.70. The molecule has 2 rings (SSSR count). The van der Waals surface area contributed by atoms with Gasteiger partial charge in [0, 0.05) is 12.1 Å². The standard InChI is InChI=1S/C12H15ClFN3O3S/c1-8(13)16-12(18)9-2-3-10-11(6-9)21(19,20)15-7-17(10)5-4-14/h2-3,6,8,15H,4-5,7H2,1H3,(H,16,18). The Kier molecular flexibility index (Phi) is 4.70. The average Bonchev–Trinajstić information content (AvgIpc) is 2.41. The highest BCUT2D eigenvalue weighted by atomic mass is 35.5. The van der Waals surface area contributed by atoms with E-state index in [9.17, 15) is 17.6 Å². The van der Waals surface area contributed by atoms with Crippen LogP contribution in [-0.2, 0) is 10.0 Å². The Hall–Kier alpha value is -1.38. The molecule has 6 nitrogen and oxygen atoms in total. The van der Waals surface area contributed by atoms with Crippen molar-refractivity contribution in [2.24, 2.45) is 0 Å². The van der Waals surface area contributed by atoms with E-state index in [-0.39, 0.29) is 23.7 Å². The zero-order chi connectivity index (χ0) is 15.6. The summed E-state index contributed by atoms with van der Waals surface area (Å²) in [5.41, 5.74) is -0.0260. The summed E-state index contributed by atoms with van der Waals surface area (Å²) < 4.78 is 38.9. The summed E-state index contributed by atoms with van der Waals surface area (Å²) in [5, 5.41) is 2.47. The molecule has 1 unspecified atom stereocenters. The Balaban J connectivity index is 2.43. The normalized spacial score (nSPS) is 18.0. The number of anilines is 1. The van der Waals surface area contributed by atoms with E-state index in [1.165, 1.54) is 18.2 Å². The number of carbonyl (C=O) groups is 1. The van der Waals surface area contributed by atoms with Crippen molar-refractivity contribution < 1.29 is 17.6 Å². The number of rotatable bonds is 4.